The Balaban J connectivity index is 1.53. The Labute approximate surface area is 162 Å². The minimum Gasteiger partial charge on any atom is -0.381 e. The predicted molar refractivity (Wildman–Crippen MR) is 92.1 cm³/mol. The minimum atomic E-state index is -4.52. The zero-order chi connectivity index (χ0) is 20.5. The number of nitrogens with one attached hydrogen (secondary N) is 1. The molecule has 1 aliphatic heterocycles. The number of benzene rings is 1. The van der Waals surface area contributed by atoms with Crippen LogP contribution in [0.25, 0.3) is 5.69 Å². The van der Waals surface area contributed by atoms with Crippen LogP contribution in [0.3, 0.4) is 0 Å². The first-order valence-corrected chi connectivity index (χ1v) is 8.78. The third kappa shape index (κ3) is 3.86. The van der Waals surface area contributed by atoms with Crippen molar-refractivity contribution in [3.05, 3.63) is 60.0 Å². The minimum absolute atomic E-state index is 0.339. The molecule has 0 atom stereocenters. The lowest BCUT2D eigenvalue weighted by molar-refractivity contribution is -0.141. The highest BCUT2D eigenvalue weighted by Gasteiger charge is 2.40. The monoisotopic (exact) mass is 407 g/mol. The lowest BCUT2D eigenvalue weighted by Gasteiger charge is -2.35. The molecular weight excluding hydrogens is 391 g/mol. The van der Waals surface area contributed by atoms with Crippen LogP contribution in [-0.2, 0) is 16.5 Å². The largest absolute Gasteiger partial charge is 0.435 e. The van der Waals surface area contributed by atoms with Crippen LogP contribution in [0.2, 0.25) is 0 Å². The maximum absolute atomic E-state index is 12.8. The van der Waals surface area contributed by atoms with Gasteiger partial charge in [-0.25, -0.2) is 4.68 Å². The molecule has 0 saturated carbocycles. The molecule has 1 amide bonds. The number of carbonyl (C=O) groups excluding carboxylic acids is 1. The zero-order valence-electron chi connectivity index (χ0n) is 15.0. The average Bonchev–Trinajstić information content (AvgIpc) is 3.41. The summed E-state index contributed by atoms with van der Waals surface area (Å²) in [5.74, 6) is 0.0155. The Bertz CT molecular complexity index is 977. The second-order valence-corrected chi connectivity index (χ2v) is 6.59. The number of hydrogen-bond donors (Lipinski definition) is 1. The first kappa shape index (κ1) is 19.1. The molecule has 0 unspecified atom stereocenters. The van der Waals surface area contributed by atoms with E-state index in [9.17, 15) is 18.0 Å². The van der Waals surface area contributed by atoms with E-state index in [1.54, 1.807) is 0 Å². The first-order chi connectivity index (χ1) is 13.9. The van der Waals surface area contributed by atoms with Crippen LogP contribution < -0.4 is 5.32 Å². The molecule has 152 valence electrons. The van der Waals surface area contributed by atoms with E-state index in [0.29, 0.717) is 43.1 Å². The number of nitrogens with zero attached hydrogens (tertiary/aromatic N) is 4. The standard InChI is InChI=1S/C18H16F3N5O3/c19-18(20,21)14-5-8-26(24-14)13-3-1-12(2-4-13)15(27)23-17(6-9-28-10-7-17)16-22-11-29-25-16/h1-5,8,11H,6-7,9-10H2,(H,23,27). The molecule has 29 heavy (non-hydrogen) atoms. The van der Waals surface area contributed by atoms with Crippen molar-refractivity contribution in [2.24, 2.45) is 0 Å². The molecule has 4 rings (SSSR count). The Kier molecular flexibility index (Phi) is 4.82. The van der Waals surface area contributed by atoms with Crippen LogP contribution in [0.15, 0.2) is 47.4 Å². The third-order valence-corrected chi connectivity index (χ3v) is 4.76. The van der Waals surface area contributed by atoms with Gasteiger partial charge in [-0.15, -0.1) is 0 Å². The van der Waals surface area contributed by atoms with Crippen LogP contribution in [0, 0.1) is 0 Å². The molecule has 3 aromatic rings. The van der Waals surface area contributed by atoms with Crippen molar-refractivity contribution in [3.63, 3.8) is 0 Å². The zero-order valence-corrected chi connectivity index (χ0v) is 15.0. The summed E-state index contributed by atoms with van der Waals surface area (Å²) in [4.78, 5) is 16.9. The molecule has 0 aliphatic carbocycles. The van der Waals surface area contributed by atoms with Gasteiger partial charge in [-0.05, 0) is 30.3 Å². The van der Waals surface area contributed by atoms with Crippen molar-refractivity contribution in [1.82, 2.24) is 25.2 Å². The molecule has 8 nitrogen and oxygen atoms in total. The number of ether oxygens (including phenoxy) is 1. The van der Waals surface area contributed by atoms with Gasteiger partial charge in [-0.3, -0.25) is 4.79 Å². The number of alkyl halides is 3. The predicted octanol–water partition coefficient (Wildman–Crippen LogP) is 2.71. The molecule has 0 radical (unpaired) electrons. The quantitative estimate of drug-likeness (QED) is 0.715. The van der Waals surface area contributed by atoms with Gasteiger partial charge in [-0.1, -0.05) is 5.16 Å². The molecule has 1 fully saturated rings. The molecular formula is C18H16F3N5O3. The lowest BCUT2D eigenvalue weighted by atomic mass is 9.88. The summed E-state index contributed by atoms with van der Waals surface area (Å²) in [6.07, 6.45) is -1.12. The number of amides is 1. The Morgan fingerprint density at radius 1 is 1.14 bits per heavy atom. The maximum atomic E-state index is 12.8. The van der Waals surface area contributed by atoms with E-state index in [4.69, 9.17) is 9.26 Å². The average molecular weight is 407 g/mol. The van der Waals surface area contributed by atoms with Crippen LogP contribution in [-0.4, -0.2) is 39.0 Å². The first-order valence-electron chi connectivity index (χ1n) is 8.78. The van der Waals surface area contributed by atoms with E-state index in [2.05, 4.69) is 20.6 Å². The Morgan fingerprint density at radius 3 is 2.45 bits per heavy atom. The number of rotatable bonds is 4. The highest BCUT2D eigenvalue weighted by molar-refractivity contribution is 5.94. The summed E-state index contributed by atoms with van der Waals surface area (Å²) in [5, 5.41) is 10.3. The molecule has 1 N–H and O–H groups in total. The summed E-state index contributed by atoms with van der Waals surface area (Å²) < 4.78 is 49.4. The summed E-state index contributed by atoms with van der Waals surface area (Å²) in [5.41, 5.74) is -1.05. The van der Waals surface area contributed by atoms with Gasteiger partial charge in [0.2, 0.25) is 6.39 Å². The number of aromatic nitrogens is 4. The van der Waals surface area contributed by atoms with Gasteiger partial charge < -0.3 is 14.6 Å². The van der Waals surface area contributed by atoms with Gasteiger partial charge in [0.05, 0.1) is 5.69 Å². The van der Waals surface area contributed by atoms with Crippen molar-refractivity contribution in [3.8, 4) is 5.69 Å². The number of halogens is 3. The van der Waals surface area contributed by atoms with Gasteiger partial charge >= 0.3 is 6.18 Å². The number of hydrogen-bond acceptors (Lipinski definition) is 6. The molecule has 0 bridgehead atoms. The smallest absolute Gasteiger partial charge is 0.381 e. The molecule has 1 saturated heterocycles. The van der Waals surface area contributed by atoms with Gasteiger partial charge in [0.1, 0.15) is 5.54 Å². The third-order valence-electron chi connectivity index (χ3n) is 4.76. The van der Waals surface area contributed by atoms with Crippen molar-refractivity contribution in [2.75, 3.05) is 13.2 Å². The van der Waals surface area contributed by atoms with Crippen LogP contribution >= 0.6 is 0 Å². The fourth-order valence-corrected chi connectivity index (χ4v) is 3.18. The van der Waals surface area contributed by atoms with Gasteiger partial charge in [0.15, 0.2) is 11.5 Å². The van der Waals surface area contributed by atoms with Crippen molar-refractivity contribution >= 4 is 5.91 Å². The molecule has 1 aromatic carbocycles. The van der Waals surface area contributed by atoms with E-state index < -0.39 is 17.4 Å². The van der Waals surface area contributed by atoms with E-state index >= 15 is 0 Å². The van der Waals surface area contributed by atoms with E-state index in [0.717, 1.165) is 10.7 Å². The molecule has 11 heteroatoms. The van der Waals surface area contributed by atoms with Gasteiger partial charge in [0, 0.05) is 37.8 Å². The summed E-state index contributed by atoms with van der Waals surface area (Å²) >= 11 is 0. The van der Waals surface area contributed by atoms with Crippen LogP contribution in [0.4, 0.5) is 13.2 Å². The van der Waals surface area contributed by atoms with Crippen molar-refractivity contribution in [2.45, 2.75) is 24.6 Å². The van der Waals surface area contributed by atoms with E-state index in [-0.39, 0.29) is 5.91 Å². The molecule has 1 aliphatic rings. The summed E-state index contributed by atoms with van der Waals surface area (Å²) in [6, 6.07) is 6.96. The Hall–Kier alpha value is -3.21. The number of carbonyl (C=O) groups is 1. The SMILES string of the molecule is O=C(NC1(c2ncon2)CCOCC1)c1ccc(-n2ccc(C(F)(F)F)n2)cc1. The summed E-state index contributed by atoms with van der Waals surface area (Å²) in [7, 11) is 0. The highest BCUT2D eigenvalue weighted by Crippen LogP contribution is 2.30. The lowest BCUT2D eigenvalue weighted by Crippen LogP contribution is -2.50. The molecule has 0 spiro atoms. The van der Waals surface area contributed by atoms with E-state index in [1.807, 2.05) is 0 Å². The Morgan fingerprint density at radius 2 is 1.86 bits per heavy atom. The topological polar surface area (TPSA) is 95.1 Å². The second kappa shape index (κ2) is 7.32. The fraction of sp³-hybridized carbons (Fsp3) is 0.333. The molecule has 2 aromatic heterocycles. The molecule has 3 heterocycles. The van der Waals surface area contributed by atoms with E-state index in [1.165, 1.54) is 36.9 Å². The highest BCUT2D eigenvalue weighted by atomic mass is 19.4. The van der Waals surface area contributed by atoms with Crippen molar-refractivity contribution < 1.29 is 27.2 Å². The van der Waals surface area contributed by atoms with Crippen molar-refractivity contribution in [1.29, 1.82) is 0 Å². The van der Waals surface area contributed by atoms with Gasteiger partial charge in [-0.2, -0.15) is 23.3 Å². The van der Waals surface area contributed by atoms with Crippen LogP contribution in [0.5, 0.6) is 0 Å². The van der Waals surface area contributed by atoms with Crippen LogP contribution in [0.1, 0.15) is 34.7 Å². The second-order valence-electron chi connectivity index (χ2n) is 6.59. The van der Waals surface area contributed by atoms with Gasteiger partial charge in [0.25, 0.3) is 5.91 Å². The normalized spacial score (nSPS) is 16.5. The summed E-state index contributed by atoms with van der Waals surface area (Å²) in [6.45, 7) is 0.878. The fourth-order valence-electron chi connectivity index (χ4n) is 3.18. The maximum Gasteiger partial charge on any atom is 0.435 e.